The highest BCUT2D eigenvalue weighted by Gasteiger charge is 2.43. The molecule has 122 valence electrons. The van der Waals surface area contributed by atoms with Crippen LogP contribution in [0.4, 0.5) is 0 Å². The Kier molecular flexibility index (Phi) is 7.26. The Morgan fingerprint density at radius 3 is 2.43 bits per heavy atom. The molecule has 1 aliphatic heterocycles. The Bertz CT molecular complexity index is 391. The Morgan fingerprint density at radius 2 is 2.00 bits per heavy atom. The topological polar surface area (TPSA) is 55.8 Å². The quantitative estimate of drug-likeness (QED) is 0.389. The van der Waals surface area contributed by atoms with Crippen molar-refractivity contribution in [2.24, 2.45) is 5.92 Å². The zero-order valence-electron chi connectivity index (χ0n) is 12.3. The Labute approximate surface area is 139 Å². The summed E-state index contributed by atoms with van der Waals surface area (Å²) in [5.41, 5.74) is -0.488. The first kappa shape index (κ1) is 19.0. The van der Waals surface area contributed by atoms with Gasteiger partial charge in [0.05, 0.1) is 18.8 Å². The van der Waals surface area contributed by atoms with Gasteiger partial charge in [0.25, 0.3) is 0 Å². The summed E-state index contributed by atoms with van der Waals surface area (Å²) in [6.07, 6.45) is 0.766. The molecular formula is C12H20Cl3NO4Si. The minimum absolute atomic E-state index is 0.133. The molecule has 0 aromatic carbocycles. The van der Waals surface area contributed by atoms with E-state index in [1.807, 2.05) is 13.8 Å². The number of ether oxygens (including phenoxy) is 2. The van der Waals surface area contributed by atoms with Crippen LogP contribution >= 0.6 is 33.2 Å². The van der Waals surface area contributed by atoms with Crippen LogP contribution in [0, 0.1) is 5.92 Å². The summed E-state index contributed by atoms with van der Waals surface area (Å²) >= 11 is 18.0. The van der Waals surface area contributed by atoms with Gasteiger partial charge in [-0.1, -0.05) is 13.8 Å². The zero-order chi connectivity index (χ0) is 16.2. The van der Waals surface area contributed by atoms with Gasteiger partial charge in [0.2, 0.25) is 5.91 Å². The Balaban J connectivity index is 2.76. The van der Waals surface area contributed by atoms with Gasteiger partial charge in [-0.25, -0.2) is 0 Å². The minimum atomic E-state index is -3.02. The maximum absolute atomic E-state index is 12.1. The van der Waals surface area contributed by atoms with Gasteiger partial charge >= 0.3 is 12.0 Å². The molecule has 0 aromatic heterocycles. The molecule has 0 bridgehead atoms. The van der Waals surface area contributed by atoms with E-state index in [2.05, 4.69) is 4.74 Å². The third kappa shape index (κ3) is 4.99. The largest absolute Gasteiger partial charge is 0.469 e. The number of nitrogens with zero attached hydrogens (tertiary/aromatic N) is 1. The van der Waals surface area contributed by atoms with Crippen molar-refractivity contribution in [1.82, 2.24) is 4.90 Å². The number of hydrogen-bond donors (Lipinski definition) is 0. The van der Waals surface area contributed by atoms with Crippen LogP contribution in [0.5, 0.6) is 0 Å². The predicted molar refractivity (Wildman–Crippen MR) is 84.4 cm³/mol. The number of halogens is 3. The molecule has 0 aromatic rings. The molecule has 1 rings (SSSR count). The van der Waals surface area contributed by atoms with Gasteiger partial charge in [0.1, 0.15) is 6.23 Å². The van der Waals surface area contributed by atoms with Gasteiger partial charge in [-0.05, 0) is 12.8 Å². The molecule has 0 radical (unpaired) electrons. The lowest BCUT2D eigenvalue weighted by Crippen LogP contribution is -2.45. The summed E-state index contributed by atoms with van der Waals surface area (Å²) in [5, 5.41) is 0. The van der Waals surface area contributed by atoms with Crippen LogP contribution in [0.3, 0.4) is 0 Å². The van der Waals surface area contributed by atoms with Gasteiger partial charge < -0.3 is 14.4 Å². The molecule has 0 saturated carbocycles. The summed E-state index contributed by atoms with van der Waals surface area (Å²) in [5.74, 6) is -0.980. The second-order valence-electron chi connectivity index (χ2n) is 4.91. The van der Waals surface area contributed by atoms with Crippen molar-refractivity contribution in [2.45, 2.75) is 45.1 Å². The van der Waals surface area contributed by atoms with Crippen molar-refractivity contribution in [3.8, 4) is 0 Å². The van der Waals surface area contributed by atoms with E-state index in [4.69, 9.17) is 38.0 Å². The highest BCUT2D eigenvalue weighted by molar-refractivity contribution is 7.65. The molecule has 3 unspecified atom stereocenters. The predicted octanol–water partition coefficient (Wildman–Crippen LogP) is 2.73. The molecule has 1 aliphatic rings. The third-order valence-electron chi connectivity index (χ3n) is 3.45. The first-order valence-electron chi connectivity index (χ1n) is 6.84. The summed E-state index contributed by atoms with van der Waals surface area (Å²) in [6.45, 7) is 4.03. The Morgan fingerprint density at radius 1 is 1.38 bits per heavy atom. The van der Waals surface area contributed by atoms with E-state index in [1.54, 1.807) is 0 Å². The van der Waals surface area contributed by atoms with Crippen LogP contribution in [0.1, 0.15) is 33.1 Å². The van der Waals surface area contributed by atoms with E-state index < -0.39 is 23.9 Å². The maximum Gasteiger partial charge on any atom is 0.369 e. The fourth-order valence-corrected chi connectivity index (χ4v) is 4.95. The third-order valence-corrected chi connectivity index (χ3v) is 6.91. The van der Waals surface area contributed by atoms with Crippen molar-refractivity contribution >= 4 is 51.1 Å². The fraction of sp³-hybridized carbons (Fsp3) is 0.833. The number of esters is 1. The molecule has 1 heterocycles. The average Bonchev–Trinajstić information content (AvgIpc) is 2.80. The molecule has 9 heteroatoms. The van der Waals surface area contributed by atoms with Crippen molar-refractivity contribution in [3.63, 3.8) is 0 Å². The summed E-state index contributed by atoms with van der Waals surface area (Å²) in [4.78, 5) is 25.2. The lowest BCUT2D eigenvalue weighted by atomic mass is 10.1. The SMILES string of the molecule is CCC(OC(CC)[Si](Cl)(Cl)Cl)N1CC(C(=O)OC)CC1=O. The Hall–Kier alpha value is -0.0131. The first-order chi connectivity index (χ1) is 9.74. The number of hydrogen-bond acceptors (Lipinski definition) is 4. The number of likely N-dealkylation sites (tertiary alicyclic amines) is 1. The lowest BCUT2D eigenvalue weighted by Gasteiger charge is -2.32. The maximum atomic E-state index is 12.1. The zero-order valence-corrected chi connectivity index (χ0v) is 15.5. The van der Waals surface area contributed by atoms with E-state index in [1.165, 1.54) is 12.0 Å². The molecule has 0 aliphatic carbocycles. The van der Waals surface area contributed by atoms with Gasteiger partial charge in [-0.15, -0.1) is 33.2 Å². The van der Waals surface area contributed by atoms with Crippen LogP contribution in [-0.2, 0) is 19.1 Å². The monoisotopic (exact) mass is 375 g/mol. The van der Waals surface area contributed by atoms with Crippen molar-refractivity contribution < 1.29 is 19.1 Å². The van der Waals surface area contributed by atoms with Gasteiger partial charge in [-0.3, -0.25) is 9.59 Å². The number of carbonyl (C=O) groups is 2. The molecule has 0 N–H and O–H groups in total. The highest BCUT2D eigenvalue weighted by atomic mass is 35.8. The van der Waals surface area contributed by atoms with Crippen LogP contribution in [0.2, 0.25) is 0 Å². The van der Waals surface area contributed by atoms with E-state index in [9.17, 15) is 9.59 Å². The normalized spacial score (nSPS) is 22.3. The van der Waals surface area contributed by atoms with Gasteiger partial charge in [0, 0.05) is 13.0 Å². The van der Waals surface area contributed by atoms with E-state index in [-0.39, 0.29) is 24.8 Å². The second kappa shape index (κ2) is 8.01. The minimum Gasteiger partial charge on any atom is -0.469 e. The summed E-state index contributed by atoms with van der Waals surface area (Å²) in [6, 6.07) is -3.02. The molecule has 21 heavy (non-hydrogen) atoms. The van der Waals surface area contributed by atoms with Crippen LogP contribution in [0.15, 0.2) is 0 Å². The van der Waals surface area contributed by atoms with Crippen LogP contribution in [-0.4, -0.2) is 48.4 Å². The van der Waals surface area contributed by atoms with Crippen molar-refractivity contribution in [3.05, 3.63) is 0 Å². The number of amides is 1. The van der Waals surface area contributed by atoms with Crippen molar-refractivity contribution in [2.75, 3.05) is 13.7 Å². The molecule has 1 amide bonds. The average molecular weight is 377 g/mol. The number of carbonyl (C=O) groups excluding carboxylic acids is 2. The van der Waals surface area contributed by atoms with E-state index in [0.717, 1.165) is 0 Å². The fourth-order valence-electron chi connectivity index (χ4n) is 2.32. The highest BCUT2D eigenvalue weighted by Crippen LogP contribution is 2.31. The number of rotatable bonds is 7. The van der Waals surface area contributed by atoms with Crippen molar-refractivity contribution in [1.29, 1.82) is 0 Å². The lowest BCUT2D eigenvalue weighted by molar-refractivity contribution is -0.145. The molecular weight excluding hydrogens is 357 g/mol. The van der Waals surface area contributed by atoms with Crippen LogP contribution in [0.25, 0.3) is 0 Å². The van der Waals surface area contributed by atoms with Crippen LogP contribution < -0.4 is 0 Å². The van der Waals surface area contributed by atoms with Gasteiger partial charge in [0.15, 0.2) is 0 Å². The summed E-state index contributed by atoms with van der Waals surface area (Å²) in [7, 11) is 1.31. The molecule has 0 spiro atoms. The molecule has 1 fully saturated rings. The molecule has 1 saturated heterocycles. The molecule has 5 nitrogen and oxygen atoms in total. The second-order valence-corrected chi connectivity index (χ2v) is 13.7. The summed E-state index contributed by atoms with van der Waals surface area (Å²) < 4.78 is 10.5. The van der Waals surface area contributed by atoms with E-state index >= 15 is 0 Å². The van der Waals surface area contributed by atoms with Gasteiger partial charge in [-0.2, -0.15) is 0 Å². The van der Waals surface area contributed by atoms with E-state index in [0.29, 0.717) is 12.8 Å². The molecule has 3 atom stereocenters. The smallest absolute Gasteiger partial charge is 0.369 e. The number of methoxy groups -OCH3 is 1. The first-order valence-corrected chi connectivity index (χ1v) is 11.9. The standard InChI is InChI=1S/C12H20Cl3NO4Si/c1-4-10(20-11(5-2)21(13,14)15)16-7-8(6-9(16)17)12(18)19-3/h8,10-11H,4-7H2,1-3H3.